The number of carbonyl (C=O) groups excluding carboxylic acids is 2. The van der Waals surface area contributed by atoms with Crippen molar-refractivity contribution in [2.75, 3.05) is 13.2 Å². The number of hydrogen-bond acceptors (Lipinski definition) is 7. The normalized spacial score (nSPS) is 13.7. The van der Waals surface area contributed by atoms with Crippen LogP contribution >= 0.6 is 7.82 Å². The van der Waals surface area contributed by atoms with E-state index in [9.17, 15) is 19.3 Å². The Morgan fingerprint density at radius 1 is 0.585 bits per heavy atom. The van der Waals surface area contributed by atoms with Gasteiger partial charge < -0.3 is 24.4 Å². The van der Waals surface area contributed by atoms with Gasteiger partial charge in [-0.05, 0) is 70.6 Å². The quantitative estimate of drug-likeness (QED) is 0.0185. The summed E-state index contributed by atoms with van der Waals surface area (Å²) in [6, 6.07) is 0. The minimum absolute atomic E-state index is 0.0190. The maximum absolute atomic E-state index is 12.4. The van der Waals surface area contributed by atoms with Gasteiger partial charge in [0.1, 0.15) is 6.61 Å². The molecule has 0 aromatic carbocycles. The molecule has 306 valence electrons. The molecule has 2 atom stereocenters. The van der Waals surface area contributed by atoms with Crippen LogP contribution < -0.4 is 0 Å². The highest BCUT2D eigenvalue weighted by atomic mass is 31.2. The standard InChI is InChI=1S/C43H75O9P/c1-3-5-7-9-11-13-15-17-18-19-20-22-24-26-28-30-32-36-42(45)50-38-41(39-51-53(47,48)49)52-43(46)37-33-35-40(44)34-31-29-27-25-23-21-16-14-12-10-8-6-4-2/h12,14,17-18,21,23,27,29,31,34,40-41,44H,3-11,13,15-16,19-20,22,24-26,28,30,32-33,35-39H2,1-2H3,(H2,47,48,49)/b14-12-,18-17-,23-21-,29-27-,34-31+/t40-,41+/m0/s1. The largest absolute Gasteiger partial charge is 0.469 e. The number of aliphatic hydroxyl groups excluding tert-OH is 1. The summed E-state index contributed by atoms with van der Waals surface area (Å²) in [5, 5.41) is 10.2. The van der Waals surface area contributed by atoms with E-state index in [0.717, 1.165) is 44.9 Å². The Morgan fingerprint density at radius 2 is 1.08 bits per heavy atom. The average molecular weight is 767 g/mol. The zero-order valence-corrected chi connectivity index (χ0v) is 34.2. The molecule has 53 heavy (non-hydrogen) atoms. The third-order valence-corrected chi connectivity index (χ3v) is 9.10. The molecule has 0 fully saturated rings. The maximum Gasteiger partial charge on any atom is 0.469 e. The van der Waals surface area contributed by atoms with Crippen LogP contribution in [0.2, 0.25) is 0 Å². The molecule has 0 spiro atoms. The monoisotopic (exact) mass is 767 g/mol. The van der Waals surface area contributed by atoms with Crippen LogP contribution in [0.1, 0.15) is 174 Å². The second-order valence-electron chi connectivity index (χ2n) is 13.8. The number of rotatable bonds is 37. The lowest BCUT2D eigenvalue weighted by Crippen LogP contribution is -2.29. The van der Waals surface area contributed by atoms with E-state index in [0.29, 0.717) is 19.3 Å². The number of esters is 2. The molecule has 3 N–H and O–H groups in total. The molecule has 0 aromatic heterocycles. The van der Waals surface area contributed by atoms with Crippen molar-refractivity contribution in [2.24, 2.45) is 0 Å². The van der Waals surface area contributed by atoms with E-state index < -0.39 is 38.6 Å². The van der Waals surface area contributed by atoms with E-state index in [4.69, 9.17) is 19.3 Å². The fourth-order valence-electron chi connectivity index (χ4n) is 5.47. The third kappa shape index (κ3) is 40.7. The Morgan fingerprint density at radius 3 is 1.70 bits per heavy atom. The van der Waals surface area contributed by atoms with Crippen molar-refractivity contribution in [1.82, 2.24) is 0 Å². The van der Waals surface area contributed by atoms with Gasteiger partial charge in [0.05, 0.1) is 12.7 Å². The molecule has 0 aromatic rings. The van der Waals surface area contributed by atoms with E-state index in [1.807, 2.05) is 12.2 Å². The molecular weight excluding hydrogens is 691 g/mol. The molecule has 0 heterocycles. The smallest absolute Gasteiger partial charge is 0.462 e. The molecule has 0 amide bonds. The summed E-state index contributed by atoms with van der Waals surface area (Å²) in [6.07, 6.45) is 44.0. The lowest BCUT2D eigenvalue weighted by molar-refractivity contribution is -0.161. The van der Waals surface area contributed by atoms with Crippen LogP contribution in [0.15, 0.2) is 60.8 Å². The molecule has 0 bridgehead atoms. The molecule has 0 aliphatic carbocycles. The lowest BCUT2D eigenvalue weighted by Gasteiger charge is -2.18. The van der Waals surface area contributed by atoms with E-state index >= 15 is 0 Å². The van der Waals surface area contributed by atoms with Crippen LogP contribution in [-0.2, 0) is 28.2 Å². The number of hydrogen-bond donors (Lipinski definition) is 3. The summed E-state index contributed by atoms with van der Waals surface area (Å²) in [4.78, 5) is 42.8. The number of phosphoric acid groups is 1. The van der Waals surface area contributed by atoms with E-state index in [1.165, 1.54) is 83.5 Å². The van der Waals surface area contributed by atoms with Gasteiger partial charge in [-0.15, -0.1) is 0 Å². The predicted octanol–water partition coefficient (Wildman–Crippen LogP) is 11.5. The Bertz CT molecular complexity index is 1060. The molecule has 0 radical (unpaired) electrons. The van der Waals surface area contributed by atoms with Crippen LogP contribution in [0, 0.1) is 0 Å². The van der Waals surface area contributed by atoms with Crippen molar-refractivity contribution < 1.29 is 43.0 Å². The van der Waals surface area contributed by atoms with E-state index in [-0.39, 0.29) is 19.4 Å². The van der Waals surface area contributed by atoms with Crippen molar-refractivity contribution in [3.05, 3.63) is 60.8 Å². The Kier molecular flexibility index (Phi) is 36.4. The van der Waals surface area contributed by atoms with E-state index in [1.54, 1.807) is 12.2 Å². The van der Waals surface area contributed by atoms with Crippen molar-refractivity contribution in [1.29, 1.82) is 0 Å². The van der Waals surface area contributed by atoms with Crippen molar-refractivity contribution in [2.45, 2.75) is 187 Å². The molecule has 0 saturated heterocycles. The van der Waals surface area contributed by atoms with Gasteiger partial charge in [-0.2, -0.15) is 0 Å². The minimum atomic E-state index is -4.81. The first-order valence-corrected chi connectivity index (χ1v) is 22.2. The number of phosphoric ester groups is 1. The minimum Gasteiger partial charge on any atom is -0.462 e. The number of unbranched alkanes of at least 4 members (excludes halogenated alkanes) is 16. The maximum atomic E-state index is 12.4. The van der Waals surface area contributed by atoms with Gasteiger partial charge >= 0.3 is 19.8 Å². The lowest BCUT2D eigenvalue weighted by atomic mass is 10.1. The number of carbonyl (C=O) groups is 2. The first kappa shape index (κ1) is 50.7. The number of allylic oxidation sites excluding steroid dienone is 9. The van der Waals surface area contributed by atoms with Gasteiger partial charge in [-0.25, -0.2) is 4.57 Å². The molecular formula is C43H75O9P. The SMILES string of the molecule is CCCCC/C=C\C/C=C\C/C=C\C=C\[C@H](O)CCCC(=O)O[C@H](COC(=O)CCCCCCCCC/C=C\CCCCCCCC)COP(=O)(O)O. The van der Waals surface area contributed by atoms with Gasteiger partial charge in [0, 0.05) is 12.8 Å². The molecule has 9 nitrogen and oxygen atoms in total. The molecule has 0 saturated carbocycles. The van der Waals surface area contributed by atoms with Gasteiger partial charge in [0.2, 0.25) is 0 Å². The van der Waals surface area contributed by atoms with Crippen molar-refractivity contribution in [3.8, 4) is 0 Å². The third-order valence-electron chi connectivity index (χ3n) is 8.61. The summed E-state index contributed by atoms with van der Waals surface area (Å²) in [5.41, 5.74) is 0. The second kappa shape index (κ2) is 38.0. The Balaban J connectivity index is 4.13. The highest BCUT2D eigenvalue weighted by Crippen LogP contribution is 2.36. The number of aliphatic hydroxyl groups is 1. The summed E-state index contributed by atoms with van der Waals surface area (Å²) in [7, 11) is -4.81. The van der Waals surface area contributed by atoms with Gasteiger partial charge in [0.15, 0.2) is 6.10 Å². The van der Waals surface area contributed by atoms with Crippen LogP contribution in [0.25, 0.3) is 0 Å². The summed E-state index contributed by atoms with van der Waals surface area (Å²) >= 11 is 0. The molecule has 10 heteroatoms. The van der Waals surface area contributed by atoms with Crippen molar-refractivity contribution >= 4 is 19.8 Å². The molecule has 0 aliphatic rings. The predicted molar refractivity (Wildman–Crippen MR) is 217 cm³/mol. The average Bonchev–Trinajstić information content (AvgIpc) is 3.12. The highest BCUT2D eigenvalue weighted by Gasteiger charge is 2.23. The number of ether oxygens (including phenoxy) is 2. The highest BCUT2D eigenvalue weighted by molar-refractivity contribution is 7.46. The second-order valence-corrected chi connectivity index (χ2v) is 15.0. The Hall–Kier alpha value is -2.29. The van der Waals surface area contributed by atoms with Crippen molar-refractivity contribution in [3.63, 3.8) is 0 Å². The Labute approximate surface area is 322 Å². The summed E-state index contributed by atoms with van der Waals surface area (Å²) in [5.74, 6) is -1.09. The first-order valence-electron chi connectivity index (χ1n) is 20.7. The van der Waals surface area contributed by atoms with Gasteiger partial charge in [-0.3, -0.25) is 14.1 Å². The summed E-state index contributed by atoms with van der Waals surface area (Å²) in [6.45, 7) is 3.48. The van der Waals surface area contributed by atoms with Crippen LogP contribution in [0.4, 0.5) is 0 Å². The van der Waals surface area contributed by atoms with Crippen LogP contribution in [0.5, 0.6) is 0 Å². The fraction of sp³-hybridized carbons (Fsp3) is 0.721. The molecule has 0 unspecified atom stereocenters. The van der Waals surface area contributed by atoms with Crippen LogP contribution in [-0.4, -0.2) is 52.3 Å². The molecule has 0 rings (SSSR count). The molecule has 0 aliphatic heterocycles. The zero-order valence-electron chi connectivity index (χ0n) is 33.3. The topological polar surface area (TPSA) is 140 Å². The fourth-order valence-corrected chi connectivity index (χ4v) is 5.83. The van der Waals surface area contributed by atoms with Gasteiger partial charge in [0.25, 0.3) is 0 Å². The van der Waals surface area contributed by atoms with Crippen LogP contribution in [0.3, 0.4) is 0 Å². The zero-order chi connectivity index (χ0) is 39.1. The van der Waals surface area contributed by atoms with E-state index in [2.05, 4.69) is 54.8 Å². The summed E-state index contributed by atoms with van der Waals surface area (Å²) < 4.78 is 26.2. The van der Waals surface area contributed by atoms with Gasteiger partial charge in [-0.1, -0.05) is 152 Å². The first-order chi connectivity index (χ1) is 25.7.